The summed E-state index contributed by atoms with van der Waals surface area (Å²) in [6, 6.07) is 0. The topological polar surface area (TPSA) is 78.9 Å². The first-order valence-corrected chi connectivity index (χ1v) is 33.8. The molecule has 0 heterocycles. The molecule has 0 aliphatic rings. The van der Waals surface area contributed by atoms with E-state index in [0.717, 1.165) is 96.3 Å². The number of hydrogen-bond acceptors (Lipinski definition) is 6. The molecule has 0 saturated carbocycles. The summed E-state index contributed by atoms with van der Waals surface area (Å²) in [5.41, 5.74) is 0. The summed E-state index contributed by atoms with van der Waals surface area (Å²) >= 11 is 0. The summed E-state index contributed by atoms with van der Waals surface area (Å²) in [5, 5.41) is 0. The maximum absolute atomic E-state index is 12.9. The number of esters is 3. The molecule has 0 saturated heterocycles. The van der Waals surface area contributed by atoms with Gasteiger partial charge in [0.05, 0.1) is 0 Å². The highest BCUT2D eigenvalue weighted by atomic mass is 16.6. The van der Waals surface area contributed by atoms with Crippen molar-refractivity contribution in [3.8, 4) is 0 Å². The number of hydrogen-bond donors (Lipinski definition) is 0. The van der Waals surface area contributed by atoms with Crippen molar-refractivity contribution < 1.29 is 28.6 Å². The SMILES string of the molecule is CC/C=C\C/C=C\C/C=C\C/C=C\CCCCCCC(=O)OC[C@H](COC(=O)CCCCCCCCCCCCCCCCCCCCCCC)OC(=O)CCCCCCCCCCCCC/C=C\CCCCCCCC. The molecule has 6 heteroatoms. The molecule has 448 valence electrons. The fourth-order valence-electron chi connectivity index (χ4n) is 9.96. The summed E-state index contributed by atoms with van der Waals surface area (Å²) in [4.78, 5) is 38.4. The number of allylic oxidation sites excluding steroid dienone is 10. The second kappa shape index (κ2) is 65.6. The highest BCUT2D eigenvalue weighted by Gasteiger charge is 2.19. The van der Waals surface area contributed by atoms with Gasteiger partial charge in [-0.15, -0.1) is 0 Å². The average Bonchev–Trinajstić information content (AvgIpc) is 3.43. The lowest BCUT2D eigenvalue weighted by Crippen LogP contribution is -2.30. The van der Waals surface area contributed by atoms with Crippen molar-refractivity contribution in [1.82, 2.24) is 0 Å². The third kappa shape index (κ3) is 63.8. The van der Waals surface area contributed by atoms with Gasteiger partial charge in [-0.1, -0.05) is 313 Å². The van der Waals surface area contributed by atoms with Gasteiger partial charge in [-0.2, -0.15) is 0 Å². The Morgan fingerprint density at radius 2 is 0.506 bits per heavy atom. The van der Waals surface area contributed by atoms with Crippen molar-refractivity contribution in [1.29, 1.82) is 0 Å². The molecule has 0 aliphatic heterocycles. The zero-order valence-corrected chi connectivity index (χ0v) is 51.5. The molecular weight excluding hydrogens is 949 g/mol. The van der Waals surface area contributed by atoms with Crippen LogP contribution in [-0.4, -0.2) is 37.2 Å². The molecule has 6 nitrogen and oxygen atoms in total. The Kier molecular flexibility index (Phi) is 63.2. The zero-order valence-electron chi connectivity index (χ0n) is 51.5. The van der Waals surface area contributed by atoms with Gasteiger partial charge in [0, 0.05) is 19.3 Å². The summed E-state index contributed by atoms with van der Waals surface area (Å²) < 4.78 is 17.0. The van der Waals surface area contributed by atoms with Crippen LogP contribution in [0.4, 0.5) is 0 Å². The number of carbonyl (C=O) groups excluding carboxylic acids is 3. The molecule has 77 heavy (non-hydrogen) atoms. The van der Waals surface area contributed by atoms with Gasteiger partial charge < -0.3 is 14.2 Å². The van der Waals surface area contributed by atoms with Crippen molar-refractivity contribution in [2.24, 2.45) is 0 Å². The van der Waals surface area contributed by atoms with Crippen LogP contribution in [0.5, 0.6) is 0 Å². The second-order valence-corrected chi connectivity index (χ2v) is 22.7. The van der Waals surface area contributed by atoms with Crippen LogP contribution >= 0.6 is 0 Å². The predicted octanol–water partition coefficient (Wildman–Crippen LogP) is 23.1. The Labute approximate surface area is 479 Å². The minimum absolute atomic E-state index is 0.0786. The van der Waals surface area contributed by atoms with Crippen LogP contribution in [0.25, 0.3) is 0 Å². The van der Waals surface area contributed by atoms with E-state index in [1.54, 1.807) is 0 Å². The van der Waals surface area contributed by atoms with E-state index < -0.39 is 6.10 Å². The third-order valence-corrected chi connectivity index (χ3v) is 15.0. The first-order chi connectivity index (χ1) is 38.0. The molecule has 0 spiro atoms. The summed E-state index contributed by atoms with van der Waals surface area (Å²) in [6.07, 6.45) is 83.8. The van der Waals surface area contributed by atoms with Crippen LogP contribution in [0, 0.1) is 0 Å². The molecule has 0 rings (SSSR count). The van der Waals surface area contributed by atoms with Gasteiger partial charge >= 0.3 is 17.9 Å². The minimum Gasteiger partial charge on any atom is -0.462 e. The van der Waals surface area contributed by atoms with E-state index in [4.69, 9.17) is 14.2 Å². The van der Waals surface area contributed by atoms with Crippen LogP contribution in [0.3, 0.4) is 0 Å². The molecule has 1 atom stereocenters. The fourth-order valence-corrected chi connectivity index (χ4v) is 9.96. The highest BCUT2D eigenvalue weighted by Crippen LogP contribution is 2.18. The maximum atomic E-state index is 12.9. The first-order valence-electron chi connectivity index (χ1n) is 33.8. The lowest BCUT2D eigenvalue weighted by atomic mass is 10.0. The predicted molar refractivity (Wildman–Crippen MR) is 335 cm³/mol. The van der Waals surface area contributed by atoms with Gasteiger partial charge in [0.2, 0.25) is 0 Å². The normalized spacial score (nSPS) is 12.4. The summed E-state index contributed by atoms with van der Waals surface area (Å²) in [6.45, 7) is 6.56. The number of ether oxygens (including phenoxy) is 3. The highest BCUT2D eigenvalue weighted by molar-refractivity contribution is 5.71. The van der Waals surface area contributed by atoms with Gasteiger partial charge in [-0.25, -0.2) is 0 Å². The van der Waals surface area contributed by atoms with Crippen molar-refractivity contribution in [3.05, 3.63) is 60.8 Å². The van der Waals surface area contributed by atoms with E-state index in [-0.39, 0.29) is 31.1 Å². The zero-order chi connectivity index (χ0) is 55.7. The van der Waals surface area contributed by atoms with Gasteiger partial charge in [-0.3, -0.25) is 14.4 Å². The summed E-state index contributed by atoms with van der Waals surface area (Å²) in [7, 11) is 0. The van der Waals surface area contributed by atoms with Crippen LogP contribution in [-0.2, 0) is 28.6 Å². The lowest BCUT2D eigenvalue weighted by Gasteiger charge is -2.18. The van der Waals surface area contributed by atoms with E-state index >= 15 is 0 Å². The molecule has 0 radical (unpaired) electrons. The lowest BCUT2D eigenvalue weighted by molar-refractivity contribution is -0.167. The first kappa shape index (κ1) is 74.1. The molecule has 0 fully saturated rings. The quantitative estimate of drug-likeness (QED) is 0.0261. The molecule has 0 bridgehead atoms. The minimum atomic E-state index is -0.785. The number of rotatable bonds is 62. The molecule has 0 amide bonds. The molecule has 0 aromatic rings. The molecule has 0 unspecified atom stereocenters. The van der Waals surface area contributed by atoms with Gasteiger partial charge in [0.25, 0.3) is 0 Å². The molecule has 0 N–H and O–H groups in total. The maximum Gasteiger partial charge on any atom is 0.306 e. The van der Waals surface area contributed by atoms with Crippen molar-refractivity contribution in [2.75, 3.05) is 13.2 Å². The Morgan fingerprint density at radius 1 is 0.273 bits per heavy atom. The van der Waals surface area contributed by atoms with Gasteiger partial charge in [0.1, 0.15) is 13.2 Å². The van der Waals surface area contributed by atoms with Crippen LogP contribution in [0.2, 0.25) is 0 Å². The molecule has 0 aromatic carbocycles. The van der Waals surface area contributed by atoms with E-state index in [1.807, 2.05) is 0 Å². The molecular formula is C71H128O6. The Morgan fingerprint density at radius 3 is 0.805 bits per heavy atom. The fraction of sp³-hybridized carbons (Fsp3) is 0.817. The van der Waals surface area contributed by atoms with E-state index in [1.165, 1.54) is 218 Å². The van der Waals surface area contributed by atoms with Crippen molar-refractivity contribution >= 4 is 17.9 Å². The van der Waals surface area contributed by atoms with Crippen LogP contribution < -0.4 is 0 Å². The van der Waals surface area contributed by atoms with Crippen LogP contribution in [0.1, 0.15) is 355 Å². The Hall–Kier alpha value is -2.89. The smallest absolute Gasteiger partial charge is 0.306 e. The second-order valence-electron chi connectivity index (χ2n) is 22.7. The third-order valence-electron chi connectivity index (χ3n) is 15.0. The number of carbonyl (C=O) groups is 3. The van der Waals surface area contributed by atoms with E-state index in [0.29, 0.717) is 19.3 Å². The van der Waals surface area contributed by atoms with E-state index in [9.17, 15) is 14.4 Å². The average molecular weight is 1080 g/mol. The van der Waals surface area contributed by atoms with Gasteiger partial charge in [0.15, 0.2) is 6.10 Å². The van der Waals surface area contributed by atoms with Gasteiger partial charge in [-0.05, 0) is 83.5 Å². The van der Waals surface area contributed by atoms with E-state index in [2.05, 4.69) is 81.5 Å². The summed E-state index contributed by atoms with van der Waals surface area (Å²) in [5.74, 6) is -0.882. The monoisotopic (exact) mass is 1080 g/mol. The number of unbranched alkanes of at least 4 members (excludes halogenated alkanes) is 41. The van der Waals surface area contributed by atoms with Crippen molar-refractivity contribution in [3.63, 3.8) is 0 Å². The molecule has 0 aromatic heterocycles. The van der Waals surface area contributed by atoms with Crippen molar-refractivity contribution in [2.45, 2.75) is 361 Å². The standard InChI is InChI=1S/C71H128O6/c1-4-7-10-13-16-19-22-25-28-31-33-35-37-40-43-46-49-52-55-58-61-64-70(73)76-67-68(66-75-69(72)63-60-57-54-51-48-45-42-39-30-27-24-21-18-15-12-9-6-3)77-71(74)65-62-59-56-53-50-47-44-41-38-36-34-32-29-26-23-20-17-14-11-8-5-2/h9,12,18,21,26-27,29-30,42,45,68H,4-8,10-11,13-17,19-20,22-25,28,31-41,43-44,46-67H2,1-3H3/b12-9-,21-18-,29-26-,30-27-,45-42-/t68-/m1/s1. The Bertz CT molecular complexity index is 1380. The van der Waals surface area contributed by atoms with Crippen LogP contribution in [0.15, 0.2) is 60.8 Å². The molecule has 0 aliphatic carbocycles. The Balaban J connectivity index is 4.35. The largest absolute Gasteiger partial charge is 0.462 e.